The van der Waals surface area contributed by atoms with Gasteiger partial charge in [-0.15, -0.1) is 0 Å². The molecular formula is C18H17ClN2O. The zero-order valence-corrected chi connectivity index (χ0v) is 13.1. The first-order valence-electron chi connectivity index (χ1n) is 7.44. The van der Waals surface area contributed by atoms with Crippen molar-refractivity contribution in [2.45, 2.75) is 6.04 Å². The third-order valence-corrected chi connectivity index (χ3v) is 4.57. The van der Waals surface area contributed by atoms with Gasteiger partial charge in [-0.1, -0.05) is 35.9 Å². The van der Waals surface area contributed by atoms with Gasteiger partial charge in [-0.3, -0.25) is 0 Å². The van der Waals surface area contributed by atoms with E-state index in [1.807, 2.05) is 37.6 Å². The Hall–Kier alpha value is -1.97. The fourth-order valence-electron chi connectivity index (χ4n) is 3.06. The molecule has 2 aliphatic heterocycles. The van der Waals surface area contributed by atoms with E-state index in [1.54, 1.807) is 0 Å². The van der Waals surface area contributed by atoms with Crippen molar-refractivity contribution in [2.75, 3.05) is 20.1 Å². The summed E-state index contributed by atoms with van der Waals surface area (Å²) in [6.07, 6.45) is 1.82. The standard InChI is InChI=1S/C18H17ClN2O/c1-20-14-9-21(10-14)18-15-5-3-2-4-12(15)11-22-17-7-6-13(19)8-16(17)18/h2-8,11,14,20H,9-10H2,1H3. The lowest BCUT2D eigenvalue weighted by molar-refractivity contribution is 0.210. The summed E-state index contributed by atoms with van der Waals surface area (Å²) >= 11 is 6.23. The summed E-state index contributed by atoms with van der Waals surface area (Å²) in [7, 11) is 2.01. The van der Waals surface area contributed by atoms with E-state index >= 15 is 0 Å². The highest BCUT2D eigenvalue weighted by atomic mass is 35.5. The molecule has 0 saturated carbocycles. The third-order valence-electron chi connectivity index (χ3n) is 4.33. The Balaban J connectivity index is 1.96. The number of ether oxygens (including phenoxy) is 1. The molecule has 3 nitrogen and oxygen atoms in total. The van der Waals surface area contributed by atoms with Gasteiger partial charge in [0.1, 0.15) is 5.75 Å². The summed E-state index contributed by atoms with van der Waals surface area (Å²) in [5.41, 5.74) is 2.26. The highest BCUT2D eigenvalue weighted by Gasteiger charge is 2.30. The largest absolute Gasteiger partial charge is 0.464 e. The van der Waals surface area contributed by atoms with Gasteiger partial charge in [-0.25, -0.2) is 0 Å². The monoisotopic (exact) mass is 312 g/mol. The number of rotatable bonds is 2. The number of halogens is 1. The van der Waals surface area contributed by atoms with E-state index in [4.69, 9.17) is 16.3 Å². The molecule has 2 aromatic rings. The van der Waals surface area contributed by atoms with Crippen LogP contribution in [0.3, 0.4) is 0 Å². The van der Waals surface area contributed by atoms with Crippen molar-refractivity contribution in [2.24, 2.45) is 0 Å². The first kappa shape index (κ1) is 13.7. The smallest absolute Gasteiger partial charge is 0.135 e. The van der Waals surface area contributed by atoms with Crippen LogP contribution in [0.15, 0.2) is 42.5 Å². The highest BCUT2D eigenvalue weighted by Crippen LogP contribution is 2.32. The van der Waals surface area contributed by atoms with Gasteiger partial charge in [0.15, 0.2) is 0 Å². The molecule has 0 aromatic heterocycles. The molecule has 0 unspecified atom stereocenters. The molecule has 0 radical (unpaired) electrons. The zero-order valence-electron chi connectivity index (χ0n) is 12.3. The second kappa shape index (κ2) is 5.34. The van der Waals surface area contributed by atoms with E-state index in [0.717, 1.165) is 34.6 Å². The Labute approximate surface area is 134 Å². The van der Waals surface area contributed by atoms with Crippen LogP contribution in [-0.4, -0.2) is 31.1 Å². The molecule has 1 N–H and O–H groups in total. The predicted octanol–water partition coefficient (Wildman–Crippen LogP) is 1.53. The Kier molecular flexibility index (Phi) is 3.32. The molecular weight excluding hydrogens is 296 g/mol. The van der Waals surface area contributed by atoms with Crippen LogP contribution in [0.1, 0.15) is 5.56 Å². The third kappa shape index (κ3) is 2.18. The average Bonchev–Trinajstić information content (AvgIpc) is 2.64. The molecule has 1 saturated heterocycles. The fraction of sp³-hybridized carbons (Fsp3) is 0.222. The lowest BCUT2D eigenvalue weighted by Gasteiger charge is -2.42. The maximum atomic E-state index is 6.23. The Morgan fingerprint density at radius 1 is 1.18 bits per heavy atom. The molecule has 1 fully saturated rings. The number of hydrogen-bond acceptors (Lipinski definition) is 3. The maximum absolute atomic E-state index is 6.23. The van der Waals surface area contributed by atoms with Crippen LogP contribution >= 0.6 is 11.6 Å². The molecule has 0 atom stereocenters. The average molecular weight is 313 g/mol. The van der Waals surface area contributed by atoms with Gasteiger partial charge in [0.2, 0.25) is 0 Å². The zero-order chi connectivity index (χ0) is 15.1. The quantitative estimate of drug-likeness (QED) is 0.910. The summed E-state index contributed by atoms with van der Waals surface area (Å²) in [6, 6.07) is 14.7. The van der Waals surface area contributed by atoms with Gasteiger partial charge < -0.3 is 15.0 Å². The van der Waals surface area contributed by atoms with E-state index in [1.165, 1.54) is 10.9 Å². The molecule has 22 heavy (non-hydrogen) atoms. The van der Waals surface area contributed by atoms with Crippen molar-refractivity contribution in [1.29, 1.82) is 0 Å². The molecule has 0 aliphatic carbocycles. The van der Waals surface area contributed by atoms with Gasteiger partial charge in [0.05, 0.1) is 12.0 Å². The van der Waals surface area contributed by atoms with E-state index in [2.05, 4.69) is 28.4 Å². The summed E-state index contributed by atoms with van der Waals surface area (Å²) < 4.78 is 5.89. The SMILES string of the molecule is CNC1CN(C2=c3ccccc3=COc3ccc(Cl)cc32)C1. The number of fused-ring (bicyclic) bond motifs is 2. The van der Waals surface area contributed by atoms with Crippen molar-refractivity contribution in [3.8, 4) is 5.75 Å². The first-order chi connectivity index (χ1) is 10.8. The van der Waals surface area contributed by atoms with E-state index in [-0.39, 0.29) is 0 Å². The molecule has 0 spiro atoms. The normalized spacial score (nSPS) is 16.8. The molecule has 4 heteroatoms. The Morgan fingerprint density at radius 2 is 2.00 bits per heavy atom. The van der Waals surface area contributed by atoms with Gasteiger partial charge in [-0.05, 0) is 25.2 Å². The minimum absolute atomic E-state index is 0.537. The number of hydrogen-bond donors (Lipinski definition) is 1. The minimum Gasteiger partial charge on any atom is -0.464 e. The van der Waals surface area contributed by atoms with E-state index in [0.29, 0.717) is 6.04 Å². The van der Waals surface area contributed by atoms with Crippen LogP contribution in [0.25, 0.3) is 12.0 Å². The van der Waals surface area contributed by atoms with Crippen molar-refractivity contribution in [3.05, 3.63) is 63.5 Å². The highest BCUT2D eigenvalue weighted by molar-refractivity contribution is 6.30. The number of likely N-dealkylation sites (N-methyl/N-ethyl adjacent to an activating group) is 1. The van der Waals surface area contributed by atoms with Crippen molar-refractivity contribution in [1.82, 2.24) is 10.2 Å². The lowest BCUT2D eigenvalue weighted by atomic mass is 10.0. The van der Waals surface area contributed by atoms with Crippen LogP contribution in [0.4, 0.5) is 0 Å². The van der Waals surface area contributed by atoms with Crippen LogP contribution in [0.2, 0.25) is 5.02 Å². The topological polar surface area (TPSA) is 24.5 Å². The first-order valence-corrected chi connectivity index (χ1v) is 7.82. The molecule has 2 aliphatic rings. The molecule has 2 aromatic carbocycles. The van der Waals surface area contributed by atoms with Crippen LogP contribution in [0.5, 0.6) is 5.75 Å². The van der Waals surface area contributed by atoms with E-state index in [9.17, 15) is 0 Å². The van der Waals surface area contributed by atoms with Crippen molar-refractivity contribution in [3.63, 3.8) is 0 Å². The second-order valence-electron chi connectivity index (χ2n) is 5.70. The maximum Gasteiger partial charge on any atom is 0.135 e. The van der Waals surface area contributed by atoms with Gasteiger partial charge >= 0.3 is 0 Å². The van der Waals surface area contributed by atoms with Crippen LogP contribution in [-0.2, 0) is 0 Å². The summed E-state index contributed by atoms with van der Waals surface area (Å²) in [6.45, 7) is 1.98. The van der Waals surface area contributed by atoms with Crippen molar-refractivity contribution < 1.29 is 4.74 Å². The summed E-state index contributed by atoms with van der Waals surface area (Å²) in [5, 5.41) is 6.34. The summed E-state index contributed by atoms with van der Waals surface area (Å²) in [4.78, 5) is 2.39. The van der Waals surface area contributed by atoms with Crippen LogP contribution in [0, 0.1) is 0 Å². The molecule has 4 rings (SSSR count). The number of nitrogens with one attached hydrogen (secondary N) is 1. The minimum atomic E-state index is 0.537. The number of nitrogens with zero attached hydrogens (tertiary/aromatic N) is 1. The number of likely N-dealkylation sites (tertiary alicyclic amines) is 1. The lowest BCUT2D eigenvalue weighted by Crippen LogP contribution is -2.57. The van der Waals surface area contributed by atoms with Gasteiger partial charge in [-0.2, -0.15) is 0 Å². The molecule has 0 amide bonds. The second-order valence-corrected chi connectivity index (χ2v) is 6.14. The van der Waals surface area contributed by atoms with E-state index < -0.39 is 0 Å². The predicted molar refractivity (Wildman–Crippen MR) is 89.2 cm³/mol. The Morgan fingerprint density at radius 3 is 2.82 bits per heavy atom. The van der Waals surface area contributed by atoms with Crippen molar-refractivity contribution >= 4 is 23.6 Å². The van der Waals surface area contributed by atoms with Crippen LogP contribution < -0.4 is 20.5 Å². The van der Waals surface area contributed by atoms with Gasteiger partial charge in [0, 0.05) is 40.2 Å². The molecule has 112 valence electrons. The Bertz CT molecular complexity index is 840. The van der Waals surface area contributed by atoms with Gasteiger partial charge in [0.25, 0.3) is 0 Å². The molecule has 2 heterocycles. The summed E-state index contributed by atoms with van der Waals surface area (Å²) in [5.74, 6) is 0.850. The fourth-order valence-corrected chi connectivity index (χ4v) is 3.23. The number of benzene rings is 2. The molecule has 0 bridgehead atoms.